The second kappa shape index (κ2) is 8.80. The molecule has 1 aromatic heterocycles. The lowest BCUT2D eigenvalue weighted by atomic mass is 10.0. The molecule has 2 aliphatic rings. The van der Waals surface area contributed by atoms with Gasteiger partial charge in [-0.3, -0.25) is 0 Å². The van der Waals surface area contributed by atoms with Crippen LogP contribution in [0.1, 0.15) is 46.1 Å². The Morgan fingerprint density at radius 3 is 2.69 bits per heavy atom. The van der Waals surface area contributed by atoms with Crippen molar-refractivity contribution in [2.75, 3.05) is 24.2 Å². The Balaban J connectivity index is 1.82. The molecule has 1 amide bonds. The summed E-state index contributed by atoms with van der Waals surface area (Å²) < 4.78 is 21.1. The minimum atomic E-state index is -0.560. The van der Waals surface area contributed by atoms with E-state index in [1.165, 1.54) is 11.8 Å². The molecular weight excluding hydrogens is 519 g/mol. The highest BCUT2D eigenvalue weighted by Crippen LogP contribution is 2.44. The number of halogens is 3. The Morgan fingerprint density at radius 1 is 1.34 bits per heavy atom. The first kappa shape index (κ1) is 23.8. The molecule has 0 N–H and O–H groups in total. The van der Waals surface area contributed by atoms with Crippen LogP contribution in [0.15, 0.2) is 9.63 Å². The second-order valence-corrected chi connectivity index (χ2v) is 11.2. The third-order valence-corrected chi connectivity index (χ3v) is 7.95. The van der Waals surface area contributed by atoms with Crippen molar-refractivity contribution in [3.8, 4) is 0 Å². The van der Waals surface area contributed by atoms with Crippen LogP contribution in [0.2, 0.25) is 5.02 Å². The predicted octanol–water partition coefficient (Wildman–Crippen LogP) is 6.06. The molecule has 0 spiro atoms. The number of hydrogen-bond acceptors (Lipinski definition) is 6. The average Bonchev–Trinajstić information content (AvgIpc) is 2.90. The molecule has 3 heterocycles. The van der Waals surface area contributed by atoms with Crippen LogP contribution >= 0.6 is 39.3 Å². The lowest BCUT2D eigenvalue weighted by Crippen LogP contribution is -2.60. The van der Waals surface area contributed by atoms with Crippen molar-refractivity contribution >= 4 is 62.1 Å². The molecule has 2 aromatic rings. The number of benzene rings is 1. The lowest BCUT2D eigenvalue weighted by molar-refractivity contribution is 0.00972. The van der Waals surface area contributed by atoms with Crippen LogP contribution < -0.4 is 4.90 Å². The van der Waals surface area contributed by atoms with Gasteiger partial charge in [-0.05, 0) is 67.8 Å². The van der Waals surface area contributed by atoms with Gasteiger partial charge in [0.15, 0.2) is 11.0 Å². The van der Waals surface area contributed by atoms with Crippen LogP contribution in [0.3, 0.4) is 0 Å². The van der Waals surface area contributed by atoms with Crippen LogP contribution in [0.5, 0.6) is 0 Å². The number of aromatic nitrogens is 2. The van der Waals surface area contributed by atoms with Gasteiger partial charge in [-0.2, -0.15) is 0 Å². The summed E-state index contributed by atoms with van der Waals surface area (Å²) in [6, 6.07) is -0.0235. The molecule has 1 saturated heterocycles. The van der Waals surface area contributed by atoms with E-state index in [2.05, 4.69) is 32.7 Å². The number of piperazine rings is 1. The molecule has 1 fully saturated rings. The number of ether oxygens (including phenoxy) is 1. The van der Waals surface area contributed by atoms with Crippen LogP contribution in [0, 0.1) is 5.82 Å². The molecule has 10 heteroatoms. The van der Waals surface area contributed by atoms with Crippen LogP contribution in [0.4, 0.5) is 15.0 Å². The van der Waals surface area contributed by atoms with Crippen molar-refractivity contribution in [1.82, 2.24) is 14.9 Å². The molecule has 2 atom stereocenters. The molecule has 0 saturated carbocycles. The topological polar surface area (TPSA) is 58.6 Å². The Morgan fingerprint density at radius 2 is 2.06 bits per heavy atom. The molecule has 0 bridgehead atoms. The van der Waals surface area contributed by atoms with Crippen LogP contribution in [-0.4, -0.2) is 58.0 Å². The molecule has 0 unspecified atom stereocenters. The summed E-state index contributed by atoms with van der Waals surface area (Å²) >= 11 is 11.3. The summed E-state index contributed by atoms with van der Waals surface area (Å²) in [7, 11) is 0. The minimum Gasteiger partial charge on any atom is -0.444 e. The molecule has 174 valence electrons. The quantitative estimate of drug-likeness (QED) is 0.260. The first-order valence-electron chi connectivity index (χ1n) is 10.7. The fraction of sp³-hybridized carbons (Fsp3) is 0.591. The Bertz CT molecular complexity index is 1080. The number of nitrogens with zero attached hydrogens (tertiary/aromatic N) is 4. The van der Waals surface area contributed by atoms with Gasteiger partial charge in [0.2, 0.25) is 0 Å². The van der Waals surface area contributed by atoms with Crippen molar-refractivity contribution in [3.05, 3.63) is 20.9 Å². The van der Waals surface area contributed by atoms with E-state index in [0.29, 0.717) is 40.9 Å². The summed E-state index contributed by atoms with van der Waals surface area (Å²) in [6.45, 7) is 8.80. The van der Waals surface area contributed by atoms with Gasteiger partial charge in [-0.1, -0.05) is 30.3 Å². The van der Waals surface area contributed by atoms with Crippen molar-refractivity contribution in [1.29, 1.82) is 0 Å². The van der Waals surface area contributed by atoms with Gasteiger partial charge >= 0.3 is 6.09 Å². The third-order valence-electron chi connectivity index (χ3n) is 6.01. The Kier molecular flexibility index (Phi) is 6.55. The second-order valence-electron chi connectivity index (χ2n) is 9.22. The van der Waals surface area contributed by atoms with E-state index in [1.807, 2.05) is 31.9 Å². The summed E-state index contributed by atoms with van der Waals surface area (Å²) in [6.07, 6.45) is 3.75. The van der Waals surface area contributed by atoms with E-state index < -0.39 is 11.4 Å². The van der Waals surface area contributed by atoms with E-state index >= 15 is 4.39 Å². The highest BCUT2D eigenvalue weighted by molar-refractivity contribution is 9.10. The number of carbonyl (C=O) groups is 1. The van der Waals surface area contributed by atoms with E-state index in [1.54, 1.807) is 0 Å². The Labute approximate surface area is 205 Å². The smallest absolute Gasteiger partial charge is 0.410 e. The van der Waals surface area contributed by atoms with Gasteiger partial charge in [0.25, 0.3) is 0 Å². The number of aryl methyl sites for hydroxylation is 1. The van der Waals surface area contributed by atoms with E-state index in [0.717, 1.165) is 18.4 Å². The number of carbonyl (C=O) groups excluding carboxylic acids is 1. The minimum absolute atomic E-state index is 0.0171. The highest BCUT2D eigenvalue weighted by atomic mass is 79.9. The van der Waals surface area contributed by atoms with Gasteiger partial charge in [0, 0.05) is 19.1 Å². The number of rotatable bonds is 2. The number of fused-ring (bicyclic) bond motifs is 2. The average molecular weight is 546 g/mol. The van der Waals surface area contributed by atoms with Crippen LogP contribution in [-0.2, 0) is 11.2 Å². The highest BCUT2D eigenvalue weighted by Gasteiger charge is 2.41. The monoisotopic (exact) mass is 544 g/mol. The first-order chi connectivity index (χ1) is 15.1. The van der Waals surface area contributed by atoms with E-state index in [9.17, 15) is 4.79 Å². The third kappa shape index (κ3) is 4.16. The summed E-state index contributed by atoms with van der Waals surface area (Å²) in [4.78, 5) is 26.3. The van der Waals surface area contributed by atoms with Crippen molar-refractivity contribution in [3.63, 3.8) is 0 Å². The molecule has 6 nitrogen and oxygen atoms in total. The lowest BCUT2D eigenvalue weighted by Gasteiger charge is -2.46. The number of amides is 1. The van der Waals surface area contributed by atoms with Gasteiger partial charge in [0.1, 0.15) is 16.9 Å². The van der Waals surface area contributed by atoms with Crippen molar-refractivity contribution in [2.45, 2.75) is 69.8 Å². The largest absolute Gasteiger partial charge is 0.444 e. The van der Waals surface area contributed by atoms with E-state index in [-0.39, 0.29) is 28.2 Å². The fourth-order valence-corrected chi connectivity index (χ4v) is 5.56. The summed E-state index contributed by atoms with van der Waals surface area (Å²) in [5, 5.41) is 1.55. The SMILES string of the molecule is CC[C@@H]1CN2c3nc(SC)nc4c(F)c(Br)c(Cl)c(c34)CC[C@@H]2CN1C(=O)OC(C)(C)C. The standard InChI is InChI=1S/C22H27BrClFN4O2S/c1-6-11-9-28-12(10-29(11)21(30)31-22(2,3)4)7-8-13-14-18(17(25)15(23)16(13)24)26-20(32-5)27-19(14)28/h11-12H,6-10H2,1-5H3/t11-,12-/m1/s1. The molecule has 0 radical (unpaired) electrons. The van der Waals surface area contributed by atoms with E-state index in [4.69, 9.17) is 21.3 Å². The number of hydrogen-bond donors (Lipinski definition) is 0. The zero-order valence-electron chi connectivity index (χ0n) is 18.8. The normalized spacial score (nSPS) is 20.9. The maximum Gasteiger partial charge on any atom is 0.410 e. The molecular formula is C22H27BrClFN4O2S. The molecule has 1 aromatic carbocycles. The zero-order chi connectivity index (χ0) is 23.4. The fourth-order valence-electron chi connectivity index (χ4n) is 4.50. The number of anilines is 1. The predicted molar refractivity (Wildman–Crippen MR) is 130 cm³/mol. The first-order valence-corrected chi connectivity index (χ1v) is 13.1. The summed E-state index contributed by atoms with van der Waals surface area (Å²) in [5.41, 5.74) is 0.577. The van der Waals surface area contributed by atoms with Gasteiger partial charge < -0.3 is 14.5 Å². The maximum absolute atomic E-state index is 15.2. The molecule has 0 aliphatic carbocycles. The van der Waals surface area contributed by atoms with Crippen molar-refractivity contribution < 1.29 is 13.9 Å². The van der Waals surface area contributed by atoms with Crippen LogP contribution in [0.25, 0.3) is 10.9 Å². The summed E-state index contributed by atoms with van der Waals surface area (Å²) in [5.74, 6) is 0.234. The van der Waals surface area contributed by atoms with Gasteiger partial charge in [-0.15, -0.1) is 0 Å². The van der Waals surface area contributed by atoms with Gasteiger partial charge in [-0.25, -0.2) is 19.2 Å². The zero-order valence-corrected chi connectivity index (χ0v) is 22.0. The molecule has 32 heavy (non-hydrogen) atoms. The molecule has 4 rings (SSSR count). The Hall–Kier alpha value is -1.32. The van der Waals surface area contributed by atoms with Crippen molar-refractivity contribution in [2.24, 2.45) is 0 Å². The molecule has 2 aliphatic heterocycles. The van der Waals surface area contributed by atoms with Gasteiger partial charge in [0.05, 0.1) is 20.9 Å². The maximum atomic E-state index is 15.2. The number of thioether (sulfide) groups is 1.